The summed E-state index contributed by atoms with van der Waals surface area (Å²) < 4.78 is 26.8. The summed E-state index contributed by atoms with van der Waals surface area (Å²) in [6, 6.07) is 9.33. The topological polar surface area (TPSA) is 83.6 Å². The number of nitrogens with zero attached hydrogens (tertiary/aromatic N) is 1. The smallest absolute Gasteiger partial charge is 0.230 e. The number of aryl methyl sites for hydroxylation is 1. The Morgan fingerprint density at radius 3 is 2.64 bits per heavy atom. The van der Waals surface area contributed by atoms with E-state index in [-0.39, 0.29) is 34.8 Å². The van der Waals surface area contributed by atoms with Crippen molar-refractivity contribution in [2.45, 2.75) is 56.3 Å². The molecule has 0 bridgehead atoms. The third-order valence-electron chi connectivity index (χ3n) is 6.82. The van der Waals surface area contributed by atoms with Crippen molar-refractivity contribution in [1.29, 1.82) is 0 Å². The normalized spacial score (nSPS) is 17.4. The van der Waals surface area contributed by atoms with Gasteiger partial charge in [-0.05, 0) is 95.8 Å². The van der Waals surface area contributed by atoms with Crippen molar-refractivity contribution in [1.82, 2.24) is 0 Å². The number of nitrogens with one attached hydrogen (secondary N) is 1. The van der Waals surface area contributed by atoms with E-state index in [1.807, 2.05) is 12.1 Å². The number of amides is 2. The van der Waals surface area contributed by atoms with Crippen molar-refractivity contribution >= 4 is 49.0 Å². The zero-order valence-electron chi connectivity index (χ0n) is 18.4. The minimum absolute atomic E-state index is 0.0760. The maximum Gasteiger partial charge on any atom is 0.230 e. The van der Waals surface area contributed by atoms with Gasteiger partial charge < -0.3 is 10.2 Å². The van der Waals surface area contributed by atoms with E-state index in [4.69, 9.17) is 0 Å². The molecule has 2 aromatic carbocycles. The van der Waals surface area contributed by atoms with Crippen molar-refractivity contribution in [2.75, 3.05) is 22.5 Å². The molecule has 3 aliphatic rings. The average Bonchev–Trinajstić information content (AvgIpc) is 3.57. The number of rotatable bonds is 6. The van der Waals surface area contributed by atoms with Gasteiger partial charge in [-0.15, -0.1) is 0 Å². The molecule has 0 spiro atoms. The highest BCUT2D eigenvalue weighted by Gasteiger charge is 2.37. The van der Waals surface area contributed by atoms with Crippen LogP contribution in [0, 0.1) is 5.92 Å². The highest BCUT2D eigenvalue weighted by Crippen LogP contribution is 2.40. The predicted molar refractivity (Wildman–Crippen MR) is 131 cm³/mol. The first-order valence-corrected chi connectivity index (χ1v) is 14.1. The number of fused-ring (bicyclic) bond motifs is 2. The molecule has 0 atom stereocenters. The molecule has 33 heavy (non-hydrogen) atoms. The Morgan fingerprint density at radius 1 is 1.06 bits per heavy atom. The van der Waals surface area contributed by atoms with Crippen molar-refractivity contribution in [3.8, 4) is 0 Å². The Hall–Kier alpha value is -2.19. The lowest BCUT2D eigenvalue weighted by Gasteiger charge is -2.20. The Balaban J connectivity index is 1.30. The van der Waals surface area contributed by atoms with Crippen LogP contribution in [0.3, 0.4) is 0 Å². The SMILES string of the molecule is O=C(CCS(=O)(=O)c1cc2c(cc1Br)CCN2C(=O)C1CC1)Nc1cccc2c1CCCC2. The number of halogens is 1. The lowest BCUT2D eigenvalue weighted by atomic mass is 9.90. The molecule has 2 amide bonds. The molecule has 1 saturated carbocycles. The van der Waals surface area contributed by atoms with Gasteiger partial charge in [0.05, 0.1) is 10.6 Å². The van der Waals surface area contributed by atoms with Gasteiger partial charge in [0.15, 0.2) is 9.84 Å². The van der Waals surface area contributed by atoms with Gasteiger partial charge in [0, 0.05) is 34.7 Å². The summed E-state index contributed by atoms with van der Waals surface area (Å²) in [7, 11) is -3.72. The van der Waals surface area contributed by atoms with Crippen LogP contribution < -0.4 is 10.2 Å². The maximum absolute atomic E-state index is 13.2. The Labute approximate surface area is 202 Å². The minimum atomic E-state index is -3.72. The molecule has 0 saturated heterocycles. The number of hydrogen-bond donors (Lipinski definition) is 1. The Kier molecular flexibility index (Phi) is 6.07. The van der Waals surface area contributed by atoms with Gasteiger partial charge in [0.1, 0.15) is 0 Å². The number of benzene rings is 2. The molecule has 0 unspecified atom stereocenters. The van der Waals surface area contributed by atoms with Gasteiger partial charge in [0.2, 0.25) is 11.8 Å². The molecule has 2 aliphatic carbocycles. The summed E-state index contributed by atoms with van der Waals surface area (Å²) in [5.41, 5.74) is 4.89. The maximum atomic E-state index is 13.2. The molecule has 0 radical (unpaired) electrons. The molecule has 6 nitrogen and oxygen atoms in total. The molecule has 1 N–H and O–H groups in total. The van der Waals surface area contributed by atoms with E-state index in [0.29, 0.717) is 16.7 Å². The molecule has 2 aromatic rings. The highest BCUT2D eigenvalue weighted by atomic mass is 79.9. The van der Waals surface area contributed by atoms with Crippen LogP contribution in [0.5, 0.6) is 0 Å². The van der Waals surface area contributed by atoms with Gasteiger partial charge in [-0.3, -0.25) is 9.59 Å². The molecular weight excluding hydrogens is 504 g/mol. The van der Waals surface area contributed by atoms with Crippen LogP contribution >= 0.6 is 15.9 Å². The first kappa shape index (κ1) is 22.6. The largest absolute Gasteiger partial charge is 0.326 e. The fourth-order valence-corrected chi connectivity index (χ4v) is 7.31. The van der Waals surface area contributed by atoms with Gasteiger partial charge in [0.25, 0.3) is 0 Å². The summed E-state index contributed by atoms with van der Waals surface area (Å²) in [6.07, 6.45) is 6.61. The first-order valence-electron chi connectivity index (χ1n) is 11.6. The second-order valence-electron chi connectivity index (χ2n) is 9.19. The van der Waals surface area contributed by atoms with Crippen LogP contribution in [-0.4, -0.2) is 32.5 Å². The second kappa shape index (κ2) is 8.87. The number of anilines is 2. The van der Waals surface area contributed by atoms with Gasteiger partial charge in [-0.2, -0.15) is 0 Å². The van der Waals surface area contributed by atoms with Crippen LogP contribution in [0.25, 0.3) is 0 Å². The van der Waals surface area contributed by atoms with E-state index < -0.39 is 9.84 Å². The zero-order valence-corrected chi connectivity index (χ0v) is 20.8. The minimum Gasteiger partial charge on any atom is -0.326 e. The van der Waals surface area contributed by atoms with Crippen molar-refractivity contribution < 1.29 is 18.0 Å². The fourth-order valence-electron chi connectivity index (χ4n) is 4.85. The highest BCUT2D eigenvalue weighted by molar-refractivity contribution is 9.10. The lowest BCUT2D eigenvalue weighted by Crippen LogP contribution is -2.30. The molecule has 1 fully saturated rings. The van der Waals surface area contributed by atoms with Crippen molar-refractivity contribution in [3.05, 3.63) is 51.5 Å². The third kappa shape index (κ3) is 4.60. The summed E-state index contributed by atoms with van der Waals surface area (Å²) in [6.45, 7) is 0.588. The van der Waals surface area contributed by atoms with E-state index in [0.717, 1.165) is 56.2 Å². The third-order valence-corrected chi connectivity index (χ3v) is 9.49. The molecule has 8 heteroatoms. The second-order valence-corrected chi connectivity index (χ2v) is 12.1. The number of carbonyl (C=O) groups is 2. The monoisotopic (exact) mass is 530 g/mol. The Morgan fingerprint density at radius 2 is 1.85 bits per heavy atom. The summed E-state index contributed by atoms with van der Waals surface area (Å²) in [5.74, 6) is -0.431. The lowest BCUT2D eigenvalue weighted by molar-refractivity contribution is -0.119. The van der Waals surface area contributed by atoms with Crippen LogP contribution in [-0.2, 0) is 38.7 Å². The fraction of sp³-hybridized carbons (Fsp3) is 0.440. The van der Waals surface area contributed by atoms with Crippen LogP contribution in [0.15, 0.2) is 39.7 Å². The van der Waals surface area contributed by atoms with Crippen LogP contribution in [0.2, 0.25) is 0 Å². The van der Waals surface area contributed by atoms with E-state index in [1.54, 1.807) is 17.0 Å². The van der Waals surface area contributed by atoms with Crippen LogP contribution in [0.4, 0.5) is 11.4 Å². The molecule has 1 aliphatic heterocycles. The van der Waals surface area contributed by atoms with E-state index in [1.165, 1.54) is 11.1 Å². The quantitative estimate of drug-likeness (QED) is 0.598. The molecule has 5 rings (SSSR count). The van der Waals surface area contributed by atoms with Gasteiger partial charge in [-0.1, -0.05) is 12.1 Å². The van der Waals surface area contributed by atoms with E-state index >= 15 is 0 Å². The first-order chi connectivity index (χ1) is 15.8. The summed E-state index contributed by atoms with van der Waals surface area (Å²) in [4.78, 5) is 27.1. The van der Waals surface area contributed by atoms with Crippen molar-refractivity contribution in [3.63, 3.8) is 0 Å². The summed E-state index contributed by atoms with van der Waals surface area (Å²) >= 11 is 3.40. The zero-order chi connectivity index (χ0) is 23.2. The van der Waals surface area contributed by atoms with Gasteiger partial charge in [-0.25, -0.2) is 8.42 Å². The predicted octanol–water partition coefficient (Wildman–Crippen LogP) is 4.43. The number of carbonyl (C=O) groups excluding carboxylic acids is 2. The van der Waals surface area contributed by atoms with Crippen molar-refractivity contribution in [2.24, 2.45) is 5.92 Å². The number of hydrogen-bond acceptors (Lipinski definition) is 4. The average molecular weight is 531 g/mol. The molecular formula is C25H27BrN2O4S. The molecule has 0 aromatic heterocycles. The Bertz CT molecular complexity index is 1240. The van der Waals surface area contributed by atoms with Crippen LogP contribution in [0.1, 0.15) is 48.8 Å². The summed E-state index contributed by atoms with van der Waals surface area (Å²) in [5, 5.41) is 2.92. The van der Waals surface area contributed by atoms with Gasteiger partial charge >= 0.3 is 0 Å². The molecule has 1 heterocycles. The van der Waals surface area contributed by atoms with E-state index in [9.17, 15) is 18.0 Å². The molecule has 174 valence electrons. The van der Waals surface area contributed by atoms with E-state index in [2.05, 4.69) is 27.3 Å². The number of sulfone groups is 1. The standard InChI is InChI=1S/C25H27BrN2O4S/c26-20-14-18-10-12-28(25(30)17-8-9-17)22(18)15-23(20)33(31,32)13-11-24(29)27-21-7-3-5-16-4-1-2-6-19(16)21/h3,5,7,14-15,17H,1-2,4,6,8-13H2,(H,27,29).